The highest BCUT2D eigenvalue weighted by Gasteiger charge is 2.31. The summed E-state index contributed by atoms with van der Waals surface area (Å²) in [6.45, 7) is 2.67. The molecule has 0 bridgehead atoms. The van der Waals surface area contributed by atoms with Crippen LogP contribution in [0.5, 0.6) is 0 Å². The topological polar surface area (TPSA) is 6.48 Å². The maximum atomic E-state index is 13.9. The monoisotopic (exact) mass is 302 g/mol. The van der Waals surface area contributed by atoms with Crippen molar-refractivity contribution < 1.29 is 17.6 Å². The number of nitrogens with zero attached hydrogens (tertiary/aromatic N) is 2. The molecule has 6 heteroatoms. The van der Waals surface area contributed by atoms with Gasteiger partial charge in [0.05, 0.1) is 0 Å². The summed E-state index contributed by atoms with van der Waals surface area (Å²) >= 11 is 0. The van der Waals surface area contributed by atoms with E-state index in [1.807, 2.05) is 0 Å². The molecule has 1 aromatic rings. The number of hydrogen-bond acceptors (Lipinski definition) is 2. The van der Waals surface area contributed by atoms with E-state index in [4.69, 9.17) is 0 Å². The standard InChI is InChI=1S/C15H18F4N2/c16-11-8-12(17)14(19)15(13(11)18)21-7-3-6-20-5-2-1-4-10(20)9-21/h8,10H,1-7,9H2. The van der Waals surface area contributed by atoms with Crippen LogP contribution >= 0.6 is 0 Å². The van der Waals surface area contributed by atoms with Gasteiger partial charge in [-0.1, -0.05) is 6.42 Å². The van der Waals surface area contributed by atoms with Gasteiger partial charge in [-0.05, 0) is 25.8 Å². The van der Waals surface area contributed by atoms with Crippen LogP contribution in [0.1, 0.15) is 25.7 Å². The predicted molar refractivity (Wildman–Crippen MR) is 72.3 cm³/mol. The van der Waals surface area contributed by atoms with Crippen LogP contribution in [0.15, 0.2) is 6.07 Å². The first-order valence-electron chi connectivity index (χ1n) is 7.40. The lowest BCUT2D eigenvalue weighted by atomic mass is 10.0. The summed E-state index contributed by atoms with van der Waals surface area (Å²) in [6.07, 6.45) is 3.90. The van der Waals surface area contributed by atoms with Gasteiger partial charge < -0.3 is 4.90 Å². The Balaban J connectivity index is 1.93. The normalized spacial score (nSPS) is 23.8. The van der Waals surface area contributed by atoms with Gasteiger partial charge in [-0.2, -0.15) is 0 Å². The van der Waals surface area contributed by atoms with Gasteiger partial charge in [0.15, 0.2) is 23.3 Å². The molecule has 0 saturated carbocycles. The van der Waals surface area contributed by atoms with Gasteiger partial charge in [0, 0.05) is 31.7 Å². The Morgan fingerprint density at radius 1 is 0.857 bits per heavy atom. The number of rotatable bonds is 1. The van der Waals surface area contributed by atoms with E-state index < -0.39 is 29.0 Å². The molecule has 1 atom stereocenters. The second-order valence-corrected chi connectivity index (χ2v) is 5.80. The lowest BCUT2D eigenvalue weighted by Gasteiger charge is -2.36. The summed E-state index contributed by atoms with van der Waals surface area (Å²) in [6, 6.07) is 0.463. The molecule has 1 unspecified atom stereocenters. The molecule has 116 valence electrons. The van der Waals surface area contributed by atoms with Crippen LogP contribution in [0, 0.1) is 23.3 Å². The van der Waals surface area contributed by atoms with Gasteiger partial charge in [0.25, 0.3) is 0 Å². The summed E-state index contributed by atoms with van der Waals surface area (Å²) in [5.41, 5.74) is -0.556. The summed E-state index contributed by atoms with van der Waals surface area (Å²) in [7, 11) is 0. The maximum Gasteiger partial charge on any atom is 0.185 e. The number of fused-ring (bicyclic) bond motifs is 1. The van der Waals surface area contributed by atoms with Crippen molar-refractivity contribution in [2.75, 3.05) is 31.1 Å². The second kappa shape index (κ2) is 5.83. The highest BCUT2D eigenvalue weighted by atomic mass is 19.2. The van der Waals surface area contributed by atoms with Crippen molar-refractivity contribution >= 4 is 5.69 Å². The number of hydrogen-bond donors (Lipinski definition) is 0. The number of piperidine rings is 1. The van der Waals surface area contributed by atoms with Gasteiger partial charge in [-0.3, -0.25) is 4.90 Å². The Kier molecular flexibility index (Phi) is 4.06. The van der Waals surface area contributed by atoms with Crippen LogP contribution in [-0.4, -0.2) is 37.1 Å². The third-order valence-electron chi connectivity index (χ3n) is 4.46. The maximum absolute atomic E-state index is 13.9. The molecule has 0 spiro atoms. The van der Waals surface area contributed by atoms with Crippen molar-refractivity contribution in [3.8, 4) is 0 Å². The predicted octanol–water partition coefficient (Wildman–Crippen LogP) is 3.31. The Hall–Kier alpha value is -1.30. The van der Waals surface area contributed by atoms with E-state index in [9.17, 15) is 17.6 Å². The van der Waals surface area contributed by atoms with E-state index in [1.165, 1.54) is 4.90 Å². The average molecular weight is 302 g/mol. The molecule has 21 heavy (non-hydrogen) atoms. The molecule has 2 saturated heterocycles. The van der Waals surface area contributed by atoms with Crippen molar-refractivity contribution in [2.24, 2.45) is 0 Å². The highest BCUT2D eigenvalue weighted by Crippen LogP contribution is 2.31. The Morgan fingerprint density at radius 2 is 1.52 bits per heavy atom. The molecule has 2 aliphatic heterocycles. The minimum absolute atomic E-state index is 0.200. The van der Waals surface area contributed by atoms with Crippen molar-refractivity contribution in [1.29, 1.82) is 0 Å². The van der Waals surface area contributed by atoms with Crippen LogP contribution in [0.3, 0.4) is 0 Å². The van der Waals surface area contributed by atoms with E-state index in [0.29, 0.717) is 13.1 Å². The number of halogens is 4. The van der Waals surface area contributed by atoms with Crippen molar-refractivity contribution in [1.82, 2.24) is 4.90 Å². The molecule has 0 aliphatic carbocycles. The lowest BCUT2D eigenvalue weighted by Crippen LogP contribution is -2.44. The molecule has 0 radical (unpaired) electrons. The number of benzene rings is 1. The molecule has 2 fully saturated rings. The van der Waals surface area contributed by atoms with Gasteiger partial charge in [0.1, 0.15) is 5.69 Å². The van der Waals surface area contributed by atoms with Crippen molar-refractivity contribution in [3.63, 3.8) is 0 Å². The third-order valence-corrected chi connectivity index (χ3v) is 4.46. The third kappa shape index (κ3) is 2.73. The molecule has 0 amide bonds. The minimum atomic E-state index is -1.34. The summed E-state index contributed by atoms with van der Waals surface area (Å²) in [4.78, 5) is 3.78. The highest BCUT2D eigenvalue weighted by molar-refractivity contribution is 5.50. The molecule has 2 nitrogen and oxygen atoms in total. The van der Waals surface area contributed by atoms with Crippen molar-refractivity contribution in [3.05, 3.63) is 29.3 Å². The van der Waals surface area contributed by atoms with E-state index in [0.717, 1.165) is 38.8 Å². The van der Waals surface area contributed by atoms with Crippen LogP contribution in [-0.2, 0) is 0 Å². The molecule has 1 aromatic carbocycles. The summed E-state index contributed by atoms with van der Waals surface area (Å²) < 4.78 is 54.7. The quantitative estimate of drug-likeness (QED) is 0.580. The van der Waals surface area contributed by atoms with Gasteiger partial charge in [-0.15, -0.1) is 0 Å². The van der Waals surface area contributed by atoms with Crippen LogP contribution in [0.2, 0.25) is 0 Å². The van der Waals surface area contributed by atoms with E-state index in [1.54, 1.807) is 0 Å². The van der Waals surface area contributed by atoms with E-state index in [-0.39, 0.29) is 12.1 Å². The Bertz CT molecular complexity index is 509. The molecule has 2 heterocycles. The fourth-order valence-electron chi connectivity index (χ4n) is 3.41. The fourth-order valence-corrected chi connectivity index (χ4v) is 3.41. The van der Waals surface area contributed by atoms with Gasteiger partial charge in [0.2, 0.25) is 0 Å². The Morgan fingerprint density at radius 3 is 2.24 bits per heavy atom. The summed E-state index contributed by atoms with van der Waals surface area (Å²) in [5.74, 6) is -5.27. The summed E-state index contributed by atoms with van der Waals surface area (Å²) in [5, 5.41) is 0. The molecule has 0 N–H and O–H groups in total. The van der Waals surface area contributed by atoms with E-state index >= 15 is 0 Å². The van der Waals surface area contributed by atoms with Crippen LogP contribution in [0.4, 0.5) is 23.2 Å². The van der Waals surface area contributed by atoms with E-state index in [2.05, 4.69) is 4.90 Å². The molecule has 3 rings (SSSR count). The SMILES string of the molecule is Fc1cc(F)c(F)c(N2CCCN3CCCCC3C2)c1F. The second-order valence-electron chi connectivity index (χ2n) is 5.80. The first-order valence-corrected chi connectivity index (χ1v) is 7.40. The smallest absolute Gasteiger partial charge is 0.185 e. The molecule has 0 aromatic heterocycles. The first kappa shape index (κ1) is 14.6. The zero-order valence-corrected chi connectivity index (χ0v) is 11.7. The first-order chi connectivity index (χ1) is 10.1. The van der Waals surface area contributed by atoms with Crippen LogP contribution < -0.4 is 4.90 Å². The molecule has 2 aliphatic rings. The average Bonchev–Trinajstić information content (AvgIpc) is 2.67. The largest absolute Gasteiger partial charge is 0.365 e. The lowest BCUT2D eigenvalue weighted by molar-refractivity contribution is 0.162. The molecular weight excluding hydrogens is 284 g/mol. The number of anilines is 1. The van der Waals surface area contributed by atoms with Crippen molar-refractivity contribution in [2.45, 2.75) is 31.7 Å². The zero-order valence-electron chi connectivity index (χ0n) is 11.7. The zero-order chi connectivity index (χ0) is 15.0. The van der Waals surface area contributed by atoms with Gasteiger partial charge in [-0.25, -0.2) is 17.6 Å². The minimum Gasteiger partial charge on any atom is -0.365 e. The van der Waals surface area contributed by atoms with Crippen LogP contribution in [0.25, 0.3) is 0 Å². The van der Waals surface area contributed by atoms with Gasteiger partial charge >= 0.3 is 0 Å². The molecular formula is C15H18F4N2. The Labute approximate surface area is 121 Å². The fraction of sp³-hybridized carbons (Fsp3) is 0.600.